The summed E-state index contributed by atoms with van der Waals surface area (Å²) in [5.41, 5.74) is 5.01. The molecule has 5 unspecified atom stereocenters. The number of nitrogens with one attached hydrogen (secondary N) is 1. The van der Waals surface area contributed by atoms with Crippen molar-refractivity contribution in [2.75, 3.05) is 40.4 Å². The van der Waals surface area contributed by atoms with Crippen molar-refractivity contribution in [3.05, 3.63) is 59.7 Å². The number of nitrogens with zero attached hydrogens (tertiary/aromatic N) is 1. The second-order valence-corrected chi connectivity index (χ2v) is 13.9. The van der Waals surface area contributed by atoms with Gasteiger partial charge in [0, 0.05) is 33.2 Å². The van der Waals surface area contributed by atoms with Crippen LogP contribution in [0.2, 0.25) is 0 Å². The summed E-state index contributed by atoms with van der Waals surface area (Å²) in [4.78, 5) is 14.5. The fraction of sp³-hybridized carbons (Fsp3) is 0.658. The van der Waals surface area contributed by atoms with E-state index >= 15 is 0 Å². The molecule has 2 fully saturated rings. The van der Waals surface area contributed by atoms with Gasteiger partial charge >= 0.3 is 6.09 Å². The van der Waals surface area contributed by atoms with Gasteiger partial charge in [0.2, 0.25) is 0 Å². The molecule has 2 saturated carbocycles. The van der Waals surface area contributed by atoms with Crippen LogP contribution in [0.5, 0.6) is 0 Å². The minimum absolute atomic E-state index is 0.106. The van der Waals surface area contributed by atoms with Crippen molar-refractivity contribution in [1.82, 2.24) is 10.2 Å². The number of benzene rings is 2. The van der Waals surface area contributed by atoms with E-state index in [9.17, 15) is 4.79 Å². The van der Waals surface area contributed by atoms with Crippen LogP contribution in [0.25, 0.3) is 11.1 Å². The minimum atomic E-state index is -0.227. The molecule has 2 aromatic rings. The number of ether oxygens (including phenoxy) is 2. The third-order valence-corrected chi connectivity index (χ3v) is 10.8. The van der Waals surface area contributed by atoms with E-state index in [1.807, 2.05) is 14.2 Å². The summed E-state index contributed by atoms with van der Waals surface area (Å²) in [6.07, 6.45) is 16.0. The van der Waals surface area contributed by atoms with E-state index in [-0.39, 0.29) is 12.0 Å². The predicted molar refractivity (Wildman–Crippen MR) is 176 cm³/mol. The molecule has 5 heteroatoms. The van der Waals surface area contributed by atoms with E-state index in [1.165, 1.54) is 80.0 Å². The van der Waals surface area contributed by atoms with Crippen LogP contribution >= 0.6 is 0 Å². The van der Waals surface area contributed by atoms with Crippen LogP contribution in [-0.2, 0) is 9.47 Å². The summed E-state index contributed by atoms with van der Waals surface area (Å²) >= 11 is 0. The van der Waals surface area contributed by atoms with Crippen LogP contribution in [-0.4, -0.2) is 57.5 Å². The average Bonchev–Trinajstić information content (AvgIpc) is 3.35. The number of unbranched alkanes of at least 4 members (excludes halogenated alkanes) is 2. The molecule has 0 spiro atoms. The number of carbonyl (C=O) groups is 1. The van der Waals surface area contributed by atoms with Crippen molar-refractivity contribution >= 4 is 6.09 Å². The highest BCUT2D eigenvalue weighted by molar-refractivity contribution is 5.79. The summed E-state index contributed by atoms with van der Waals surface area (Å²) in [5.74, 6) is 3.51. The Hall–Kier alpha value is -2.37. The normalized spacial score (nSPS) is 25.2. The Morgan fingerprint density at radius 3 is 2.28 bits per heavy atom. The topological polar surface area (TPSA) is 50.8 Å². The first kappa shape index (κ1) is 32.0. The highest BCUT2D eigenvalue weighted by atomic mass is 16.6. The first-order valence-corrected chi connectivity index (χ1v) is 17.3. The Bertz CT molecular complexity index is 1110. The highest BCUT2D eigenvalue weighted by Gasteiger charge is 2.31. The van der Waals surface area contributed by atoms with E-state index < -0.39 is 0 Å². The van der Waals surface area contributed by atoms with Gasteiger partial charge in [-0.25, -0.2) is 4.79 Å². The zero-order valence-electron chi connectivity index (χ0n) is 27.1. The lowest BCUT2D eigenvalue weighted by atomic mass is 9.74. The molecule has 236 valence electrons. The first-order valence-electron chi connectivity index (χ1n) is 17.3. The van der Waals surface area contributed by atoms with Gasteiger partial charge in [-0.15, -0.1) is 0 Å². The fourth-order valence-electron chi connectivity index (χ4n) is 8.21. The Kier molecular flexibility index (Phi) is 12.0. The fourth-order valence-corrected chi connectivity index (χ4v) is 8.21. The van der Waals surface area contributed by atoms with Crippen molar-refractivity contribution in [3.63, 3.8) is 0 Å². The van der Waals surface area contributed by atoms with Crippen LogP contribution < -0.4 is 5.32 Å². The van der Waals surface area contributed by atoms with E-state index in [0.717, 1.165) is 56.7 Å². The maximum absolute atomic E-state index is 12.8. The van der Waals surface area contributed by atoms with Gasteiger partial charge in [0.1, 0.15) is 6.61 Å². The Morgan fingerprint density at radius 2 is 1.58 bits per heavy atom. The molecular weight excluding hydrogens is 532 g/mol. The van der Waals surface area contributed by atoms with E-state index in [1.54, 1.807) is 4.90 Å². The van der Waals surface area contributed by atoms with Crippen LogP contribution in [0.15, 0.2) is 48.5 Å². The molecule has 0 heterocycles. The molecule has 2 aromatic carbocycles. The Labute approximate surface area is 261 Å². The average molecular weight is 589 g/mol. The molecule has 0 bridgehead atoms. The van der Waals surface area contributed by atoms with Gasteiger partial charge in [0.15, 0.2) is 0 Å². The molecule has 5 atom stereocenters. The van der Waals surface area contributed by atoms with Crippen LogP contribution in [0.1, 0.15) is 101 Å². The van der Waals surface area contributed by atoms with E-state index in [4.69, 9.17) is 9.47 Å². The monoisotopic (exact) mass is 588 g/mol. The second kappa shape index (κ2) is 16.1. The van der Waals surface area contributed by atoms with Crippen molar-refractivity contribution < 1.29 is 14.3 Å². The molecule has 43 heavy (non-hydrogen) atoms. The van der Waals surface area contributed by atoms with Gasteiger partial charge in [0.25, 0.3) is 0 Å². The van der Waals surface area contributed by atoms with Crippen molar-refractivity contribution in [3.8, 4) is 11.1 Å². The van der Waals surface area contributed by atoms with Crippen molar-refractivity contribution in [2.24, 2.45) is 23.7 Å². The summed E-state index contributed by atoms with van der Waals surface area (Å²) in [6.45, 7) is 5.64. The Morgan fingerprint density at radius 1 is 0.884 bits per heavy atom. The molecule has 0 aliphatic heterocycles. The van der Waals surface area contributed by atoms with Crippen molar-refractivity contribution in [1.29, 1.82) is 0 Å². The van der Waals surface area contributed by atoms with Gasteiger partial charge in [-0.1, -0.05) is 94.0 Å². The van der Waals surface area contributed by atoms with Crippen molar-refractivity contribution in [2.45, 2.75) is 96.0 Å². The van der Waals surface area contributed by atoms with Gasteiger partial charge < -0.3 is 19.7 Å². The zero-order chi connectivity index (χ0) is 30.0. The highest BCUT2D eigenvalue weighted by Crippen LogP contribution is 2.44. The lowest BCUT2D eigenvalue weighted by molar-refractivity contribution is 0.00222. The first-order chi connectivity index (χ1) is 21.0. The summed E-state index contributed by atoms with van der Waals surface area (Å²) < 4.78 is 11.8. The number of hydrogen-bond acceptors (Lipinski definition) is 4. The lowest BCUT2D eigenvalue weighted by Gasteiger charge is -2.36. The standard InChI is InChI=1S/C38H56N2O3/c1-28-12-11-13-29(24-28)18-19-30-20-21-31(37(25-30)42-3)26-39-22-9-4-10-23-40(2)38(41)43-27-36-34-16-7-5-14-32(34)33-15-6-8-17-35(33)36/h5-8,14-17,28-31,36-37,39H,4,9-13,18-27H2,1-3H3. The molecule has 5 nitrogen and oxygen atoms in total. The van der Waals surface area contributed by atoms with Gasteiger partial charge in [-0.2, -0.15) is 0 Å². The molecule has 1 N–H and O–H groups in total. The van der Waals surface area contributed by atoms with Gasteiger partial charge in [-0.3, -0.25) is 0 Å². The molecule has 0 aromatic heterocycles. The largest absolute Gasteiger partial charge is 0.448 e. The quantitative estimate of drug-likeness (QED) is 0.224. The lowest BCUT2D eigenvalue weighted by Crippen LogP contribution is -2.38. The maximum atomic E-state index is 12.8. The number of amides is 1. The number of hydrogen-bond donors (Lipinski definition) is 1. The maximum Gasteiger partial charge on any atom is 0.409 e. The summed E-state index contributed by atoms with van der Waals surface area (Å²) in [7, 11) is 3.77. The number of methoxy groups -OCH3 is 1. The van der Waals surface area contributed by atoms with E-state index in [0.29, 0.717) is 18.6 Å². The number of fused-ring (bicyclic) bond motifs is 3. The molecule has 3 aliphatic carbocycles. The molecule has 1 amide bonds. The van der Waals surface area contributed by atoms with Gasteiger partial charge in [-0.05, 0) is 91.0 Å². The predicted octanol–water partition coefficient (Wildman–Crippen LogP) is 8.67. The number of rotatable bonds is 14. The van der Waals surface area contributed by atoms with Crippen LogP contribution in [0.4, 0.5) is 4.79 Å². The third kappa shape index (κ3) is 8.63. The zero-order valence-corrected chi connectivity index (χ0v) is 27.1. The van der Waals surface area contributed by atoms with Crippen LogP contribution in [0, 0.1) is 23.7 Å². The smallest absolute Gasteiger partial charge is 0.409 e. The SMILES string of the molecule is COC1CC(CCC2CCCC(C)C2)CCC1CNCCCCCN(C)C(=O)OCC1c2ccccc2-c2ccccc21. The Balaban J connectivity index is 0.926. The molecular formula is C38H56N2O3. The van der Waals surface area contributed by atoms with Crippen LogP contribution in [0.3, 0.4) is 0 Å². The molecule has 0 radical (unpaired) electrons. The number of carbonyl (C=O) groups excluding carboxylic acids is 1. The molecule has 3 aliphatic rings. The summed E-state index contributed by atoms with van der Waals surface area (Å²) in [6, 6.07) is 16.9. The van der Waals surface area contributed by atoms with E-state index in [2.05, 4.69) is 60.8 Å². The van der Waals surface area contributed by atoms with Gasteiger partial charge in [0.05, 0.1) is 6.10 Å². The minimum Gasteiger partial charge on any atom is -0.448 e. The third-order valence-electron chi connectivity index (χ3n) is 10.8. The second-order valence-electron chi connectivity index (χ2n) is 13.9. The molecule has 5 rings (SSSR count). The molecule has 0 saturated heterocycles. The summed E-state index contributed by atoms with van der Waals surface area (Å²) in [5, 5.41) is 3.72.